The molecule has 2 aromatic carbocycles. The Morgan fingerprint density at radius 3 is 2.45 bits per heavy atom. The van der Waals surface area contributed by atoms with Crippen LogP contribution in [0.3, 0.4) is 0 Å². The molecule has 4 rings (SSSR count). The predicted molar refractivity (Wildman–Crippen MR) is 117 cm³/mol. The van der Waals surface area contributed by atoms with Gasteiger partial charge < -0.3 is 23.7 Å². The van der Waals surface area contributed by atoms with Crippen molar-refractivity contribution in [2.75, 3.05) is 20.8 Å². The van der Waals surface area contributed by atoms with Crippen molar-refractivity contribution in [3.8, 4) is 34.4 Å². The lowest BCUT2D eigenvalue weighted by molar-refractivity contribution is -0.160. The molecule has 0 spiro atoms. The second kappa shape index (κ2) is 8.32. The van der Waals surface area contributed by atoms with Gasteiger partial charge in [-0.05, 0) is 50.5 Å². The van der Waals surface area contributed by atoms with E-state index in [0.29, 0.717) is 41.2 Å². The van der Waals surface area contributed by atoms with Gasteiger partial charge in [0.25, 0.3) is 0 Å². The maximum absolute atomic E-state index is 12.8. The average molecular weight is 451 g/mol. The fourth-order valence-corrected chi connectivity index (χ4v) is 3.79. The van der Waals surface area contributed by atoms with E-state index in [1.807, 2.05) is 18.2 Å². The number of methoxy groups -OCH3 is 2. The smallest absolute Gasteiger partial charge is 0.338 e. The van der Waals surface area contributed by atoms with Gasteiger partial charge in [-0.25, -0.2) is 4.79 Å². The van der Waals surface area contributed by atoms with Crippen LogP contribution in [-0.4, -0.2) is 38.4 Å². The molecule has 2 aliphatic rings. The maximum atomic E-state index is 12.8. The number of esters is 2. The third-order valence-corrected chi connectivity index (χ3v) is 5.93. The fourth-order valence-electron chi connectivity index (χ4n) is 3.79. The Morgan fingerprint density at radius 1 is 1.09 bits per heavy atom. The van der Waals surface area contributed by atoms with E-state index in [1.165, 1.54) is 14.2 Å². The van der Waals surface area contributed by atoms with E-state index in [0.717, 1.165) is 11.1 Å². The summed E-state index contributed by atoms with van der Waals surface area (Å²) >= 11 is 0. The van der Waals surface area contributed by atoms with Crippen molar-refractivity contribution in [1.29, 1.82) is 5.26 Å². The number of rotatable bonds is 8. The first-order valence-electron chi connectivity index (χ1n) is 10.6. The molecule has 0 unspecified atom stereocenters. The van der Waals surface area contributed by atoms with E-state index < -0.39 is 17.0 Å². The third-order valence-electron chi connectivity index (χ3n) is 5.93. The van der Waals surface area contributed by atoms with Crippen LogP contribution in [0.1, 0.15) is 42.6 Å². The normalized spacial score (nSPS) is 15.7. The van der Waals surface area contributed by atoms with E-state index in [2.05, 4.69) is 0 Å². The monoisotopic (exact) mass is 451 g/mol. The Labute approximate surface area is 192 Å². The van der Waals surface area contributed by atoms with Crippen molar-refractivity contribution < 1.29 is 33.3 Å². The molecule has 1 aliphatic carbocycles. The summed E-state index contributed by atoms with van der Waals surface area (Å²) in [7, 11) is 3.03. The summed E-state index contributed by atoms with van der Waals surface area (Å²) in [6.45, 7) is 3.31. The molecule has 0 aromatic heterocycles. The molecule has 0 amide bonds. The van der Waals surface area contributed by atoms with Crippen molar-refractivity contribution >= 4 is 11.9 Å². The van der Waals surface area contributed by atoms with Gasteiger partial charge in [0.1, 0.15) is 24.7 Å². The van der Waals surface area contributed by atoms with Crippen LogP contribution >= 0.6 is 0 Å². The number of carbonyl (C=O) groups excluding carboxylic acids is 2. The number of cyclic esters (lactones) is 1. The molecule has 0 radical (unpaired) electrons. The Kier molecular flexibility index (Phi) is 5.66. The van der Waals surface area contributed by atoms with Crippen molar-refractivity contribution in [2.45, 2.75) is 38.9 Å². The van der Waals surface area contributed by atoms with Gasteiger partial charge in [-0.3, -0.25) is 4.79 Å². The average Bonchev–Trinajstić information content (AvgIpc) is 3.52. The molecule has 8 heteroatoms. The zero-order valence-corrected chi connectivity index (χ0v) is 19.0. The summed E-state index contributed by atoms with van der Waals surface area (Å²) in [6.07, 6.45) is 1.19. The van der Waals surface area contributed by atoms with Gasteiger partial charge in [0.15, 0.2) is 17.1 Å². The maximum Gasteiger partial charge on any atom is 0.338 e. The van der Waals surface area contributed by atoms with Crippen LogP contribution in [0.4, 0.5) is 0 Å². The third kappa shape index (κ3) is 4.07. The number of fused-ring (bicyclic) bond motifs is 1. The second-order valence-corrected chi connectivity index (χ2v) is 8.67. The number of nitriles is 1. The number of benzene rings is 2. The standard InChI is InChI=1S/C25H25NO7/c1-24(2,13-26)33-23(28)25(10-11-25)14-32-20-16(8-9-19(29-3)21(20)30-4)15-6-5-7-17-18(15)12-31-22(17)27/h5-9H,10-12,14H2,1-4H3. The number of nitrogens with zero attached hydrogens (tertiary/aromatic N) is 1. The molecular formula is C25H25NO7. The van der Waals surface area contributed by atoms with Crippen molar-refractivity contribution in [3.63, 3.8) is 0 Å². The second-order valence-electron chi connectivity index (χ2n) is 8.67. The van der Waals surface area contributed by atoms with Gasteiger partial charge in [0.05, 0.1) is 19.8 Å². The zero-order chi connectivity index (χ0) is 23.8. The van der Waals surface area contributed by atoms with Crippen LogP contribution < -0.4 is 14.2 Å². The van der Waals surface area contributed by atoms with Gasteiger partial charge in [-0.2, -0.15) is 5.26 Å². The highest BCUT2D eigenvalue weighted by atomic mass is 16.6. The quantitative estimate of drug-likeness (QED) is 0.554. The molecule has 0 saturated heterocycles. The molecule has 0 N–H and O–H groups in total. The lowest BCUT2D eigenvalue weighted by Crippen LogP contribution is -2.34. The first kappa shape index (κ1) is 22.5. The molecular weight excluding hydrogens is 426 g/mol. The summed E-state index contributed by atoms with van der Waals surface area (Å²) in [4.78, 5) is 24.8. The summed E-state index contributed by atoms with van der Waals surface area (Å²) in [5.74, 6) is 0.406. The number of hydrogen-bond donors (Lipinski definition) is 0. The van der Waals surface area contributed by atoms with Crippen LogP contribution in [0.25, 0.3) is 11.1 Å². The van der Waals surface area contributed by atoms with E-state index >= 15 is 0 Å². The van der Waals surface area contributed by atoms with Gasteiger partial charge in [0.2, 0.25) is 5.75 Å². The Morgan fingerprint density at radius 2 is 1.82 bits per heavy atom. The first-order valence-corrected chi connectivity index (χ1v) is 10.6. The minimum Gasteiger partial charge on any atom is -0.493 e. The van der Waals surface area contributed by atoms with Crippen LogP contribution in [0.5, 0.6) is 17.2 Å². The van der Waals surface area contributed by atoms with Crippen molar-refractivity contribution in [1.82, 2.24) is 0 Å². The van der Waals surface area contributed by atoms with Gasteiger partial charge >= 0.3 is 11.9 Å². The number of ether oxygens (including phenoxy) is 5. The summed E-state index contributed by atoms with van der Waals surface area (Å²) < 4.78 is 27.9. The molecule has 1 saturated carbocycles. The summed E-state index contributed by atoms with van der Waals surface area (Å²) in [5.41, 5.74) is 0.682. The first-order chi connectivity index (χ1) is 15.7. The number of carbonyl (C=O) groups is 2. The molecule has 0 atom stereocenters. The molecule has 2 aromatic rings. The number of hydrogen-bond acceptors (Lipinski definition) is 8. The molecule has 172 valence electrons. The lowest BCUT2D eigenvalue weighted by atomic mass is 9.95. The Bertz CT molecular complexity index is 1160. The van der Waals surface area contributed by atoms with Crippen molar-refractivity contribution in [2.24, 2.45) is 5.41 Å². The SMILES string of the molecule is COc1ccc(-c2cccc3c2COC3=O)c(OCC2(C(=O)OC(C)(C)C#N)CC2)c1OC. The Hall–Kier alpha value is -3.73. The molecule has 0 bridgehead atoms. The molecule has 1 heterocycles. The fraction of sp³-hybridized carbons (Fsp3) is 0.400. The van der Waals surface area contributed by atoms with Crippen LogP contribution in [0.15, 0.2) is 30.3 Å². The zero-order valence-electron chi connectivity index (χ0n) is 19.0. The lowest BCUT2D eigenvalue weighted by Gasteiger charge is -2.23. The molecule has 1 aliphatic heterocycles. The highest BCUT2D eigenvalue weighted by Gasteiger charge is 2.54. The van der Waals surface area contributed by atoms with E-state index in [9.17, 15) is 14.9 Å². The predicted octanol–water partition coefficient (Wildman–Crippen LogP) is 4.05. The topological polar surface area (TPSA) is 104 Å². The summed E-state index contributed by atoms with van der Waals surface area (Å²) in [5, 5.41) is 9.20. The van der Waals surface area contributed by atoms with Crippen LogP contribution in [-0.2, 0) is 20.9 Å². The van der Waals surface area contributed by atoms with Crippen molar-refractivity contribution in [3.05, 3.63) is 41.5 Å². The van der Waals surface area contributed by atoms with E-state index in [1.54, 1.807) is 32.0 Å². The molecule has 8 nitrogen and oxygen atoms in total. The van der Waals surface area contributed by atoms with Gasteiger partial charge in [0, 0.05) is 11.1 Å². The summed E-state index contributed by atoms with van der Waals surface area (Å²) in [6, 6.07) is 10.9. The minimum atomic E-state index is -1.22. The Balaban J connectivity index is 1.71. The molecule has 1 fully saturated rings. The largest absolute Gasteiger partial charge is 0.493 e. The highest BCUT2D eigenvalue weighted by Crippen LogP contribution is 2.51. The molecule has 33 heavy (non-hydrogen) atoms. The van der Waals surface area contributed by atoms with E-state index in [4.69, 9.17) is 23.7 Å². The van der Waals surface area contributed by atoms with Crippen LogP contribution in [0.2, 0.25) is 0 Å². The minimum absolute atomic E-state index is 0.0499. The van der Waals surface area contributed by atoms with Crippen LogP contribution in [0, 0.1) is 16.7 Å². The highest BCUT2D eigenvalue weighted by molar-refractivity contribution is 5.96. The van der Waals surface area contributed by atoms with Gasteiger partial charge in [-0.1, -0.05) is 12.1 Å². The van der Waals surface area contributed by atoms with E-state index in [-0.39, 0.29) is 19.2 Å². The van der Waals surface area contributed by atoms with Gasteiger partial charge in [-0.15, -0.1) is 0 Å².